The van der Waals surface area contributed by atoms with Crippen LogP contribution in [0.4, 0.5) is 24.5 Å². The van der Waals surface area contributed by atoms with Gasteiger partial charge in [0.1, 0.15) is 5.69 Å². The molecule has 0 bridgehead atoms. The molecule has 34 heavy (non-hydrogen) atoms. The third-order valence-electron chi connectivity index (χ3n) is 4.93. The van der Waals surface area contributed by atoms with Crippen molar-refractivity contribution < 1.29 is 17.9 Å². The highest BCUT2D eigenvalue weighted by Crippen LogP contribution is 2.36. The standard InChI is InChI=1S/C25H28F3N5O/c1-5-34-24-18(10-8-12-30-24)20-13-21(23(32-15(2)3)22(33-20)16(4)29)31-14-17-9-6-7-11-19(17)25(26,27)28/h6-13,15,29,32H,5,14H2,1-4H3,(H,31,33). The van der Waals surface area contributed by atoms with E-state index in [1.165, 1.54) is 12.1 Å². The van der Waals surface area contributed by atoms with Crippen molar-refractivity contribution in [3.63, 3.8) is 0 Å². The van der Waals surface area contributed by atoms with Crippen LogP contribution < -0.4 is 15.4 Å². The third-order valence-corrected chi connectivity index (χ3v) is 4.93. The number of nitrogens with zero attached hydrogens (tertiary/aromatic N) is 2. The van der Waals surface area contributed by atoms with Gasteiger partial charge in [-0.05, 0) is 57.5 Å². The zero-order valence-corrected chi connectivity index (χ0v) is 19.5. The largest absolute Gasteiger partial charge is 0.477 e. The molecular formula is C25H28F3N5O. The fourth-order valence-electron chi connectivity index (χ4n) is 3.51. The summed E-state index contributed by atoms with van der Waals surface area (Å²) in [6.07, 6.45) is -2.85. The van der Waals surface area contributed by atoms with Gasteiger partial charge in [-0.25, -0.2) is 9.97 Å². The van der Waals surface area contributed by atoms with Crippen molar-refractivity contribution >= 4 is 17.1 Å². The Bertz CT molecular complexity index is 1160. The average Bonchev–Trinajstić information content (AvgIpc) is 2.78. The van der Waals surface area contributed by atoms with E-state index in [4.69, 9.17) is 10.1 Å². The maximum Gasteiger partial charge on any atom is 0.416 e. The van der Waals surface area contributed by atoms with Gasteiger partial charge in [0.15, 0.2) is 0 Å². The number of pyridine rings is 2. The van der Waals surface area contributed by atoms with E-state index in [1.54, 1.807) is 31.3 Å². The molecule has 3 rings (SSSR count). The van der Waals surface area contributed by atoms with Gasteiger partial charge in [0, 0.05) is 18.8 Å². The molecule has 0 radical (unpaired) electrons. The van der Waals surface area contributed by atoms with Gasteiger partial charge >= 0.3 is 6.18 Å². The number of halogens is 3. The van der Waals surface area contributed by atoms with Crippen LogP contribution in [0.15, 0.2) is 48.7 Å². The molecule has 0 saturated heterocycles. The summed E-state index contributed by atoms with van der Waals surface area (Å²) >= 11 is 0. The van der Waals surface area contributed by atoms with Gasteiger partial charge in [-0.1, -0.05) is 18.2 Å². The molecule has 6 nitrogen and oxygen atoms in total. The summed E-state index contributed by atoms with van der Waals surface area (Å²) in [6, 6.07) is 10.8. The first-order valence-electron chi connectivity index (χ1n) is 11.0. The molecule has 0 aliphatic heterocycles. The Balaban J connectivity index is 2.12. The number of alkyl halides is 3. The summed E-state index contributed by atoms with van der Waals surface area (Å²) in [5.41, 5.74) is 2.24. The number of rotatable bonds is 9. The second kappa shape index (κ2) is 10.5. The van der Waals surface area contributed by atoms with Gasteiger partial charge < -0.3 is 20.8 Å². The van der Waals surface area contributed by atoms with E-state index in [-0.39, 0.29) is 23.9 Å². The molecule has 0 atom stereocenters. The molecule has 2 aromatic heterocycles. The minimum Gasteiger partial charge on any atom is -0.477 e. The number of ether oxygens (including phenoxy) is 1. The first-order chi connectivity index (χ1) is 16.1. The lowest BCUT2D eigenvalue weighted by Crippen LogP contribution is -2.18. The molecule has 0 aliphatic rings. The topological polar surface area (TPSA) is 82.9 Å². The van der Waals surface area contributed by atoms with E-state index in [0.717, 1.165) is 6.07 Å². The lowest BCUT2D eigenvalue weighted by Gasteiger charge is -2.21. The quantitative estimate of drug-likeness (QED) is 0.315. The van der Waals surface area contributed by atoms with E-state index in [2.05, 4.69) is 20.6 Å². The lowest BCUT2D eigenvalue weighted by molar-refractivity contribution is -0.138. The fraction of sp³-hybridized carbons (Fsp3) is 0.320. The van der Waals surface area contributed by atoms with Crippen LogP contribution >= 0.6 is 0 Å². The Hall–Kier alpha value is -3.62. The van der Waals surface area contributed by atoms with Crippen molar-refractivity contribution in [1.29, 1.82) is 5.41 Å². The first-order valence-corrected chi connectivity index (χ1v) is 11.0. The highest BCUT2D eigenvalue weighted by Gasteiger charge is 2.32. The second-order valence-electron chi connectivity index (χ2n) is 8.00. The Morgan fingerprint density at radius 2 is 1.88 bits per heavy atom. The van der Waals surface area contributed by atoms with E-state index >= 15 is 0 Å². The van der Waals surface area contributed by atoms with Gasteiger partial charge in [0.05, 0.1) is 40.5 Å². The van der Waals surface area contributed by atoms with Crippen LogP contribution in [0.25, 0.3) is 11.3 Å². The van der Waals surface area contributed by atoms with Crippen molar-refractivity contribution in [2.24, 2.45) is 0 Å². The van der Waals surface area contributed by atoms with E-state index < -0.39 is 11.7 Å². The molecular weight excluding hydrogens is 443 g/mol. The molecule has 0 spiro atoms. The number of aromatic nitrogens is 2. The molecule has 3 N–H and O–H groups in total. The van der Waals surface area contributed by atoms with E-state index in [0.29, 0.717) is 40.8 Å². The van der Waals surface area contributed by atoms with Crippen molar-refractivity contribution in [3.05, 3.63) is 65.5 Å². The number of hydrogen-bond donors (Lipinski definition) is 3. The molecule has 180 valence electrons. The van der Waals surface area contributed by atoms with Crippen LogP contribution in [0.2, 0.25) is 0 Å². The van der Waals surface area contributed by atoms with Gasteiger partial charge in [0.25, 0.3) is 0 Å². The summed E-state index contributed by atoms with van der Waals surface area (Å²) < 4.78 is 46.1. The normalized spacial score (nSPS) is 11.4. The molecule has 0 fully saturated rings. The molecule has 3 aromatic rings. The minimum atomic E-state index is -4.46. The first kappa shape index (κ1) is 25.0. The van der Waals surface area contributed by atoms with E-state index in [1.807, 2.05) is 26.8 Å². The molecule has 0 aliphatic carbocycles. The van der Waals surface area contributed by atoms with Crippen molar-refractivity contribution in [3.8, 4) is 17.1 Å². The van der Waals surface area contributed by atoms with Crippen LogP contribution in [0.3, 0.4) is 0 Å². The highest BCUT2D eigenvalue weighted by molar-refractivity contribution is 6.03. The van der Waals surface area contributed by atoms with Crippen LogP contribution in [0.5, 0.6) is 5.88 Å². The van der Waals surface area contributed by atoms with Crippen LogP contribution in [0, 0.1) is 5.41 Å². The molecule has 1 aromatic carbocycles. The zero-order chi connectivity index (χ0) is 24.9. The Kier molecular flexibility index (Phi) is 7.75. The Labute approximate surface area is 197 Å². The number of nitrogens with one attached hydrogen (secondary N) is 3. The SMILES string of the molecule is CCOc1ncccc1-c1cc(NCc2ccccc2C(F)(F)F)c(NC(C)C)c(C(C)=N)n1. The van der Waals surface area contributed by atoms with Gasteiger partial charge in [-0.15, -0.1) is 0 Å². The maximum atomic E-state index is 13.5. The summed E-state index contributed by atoms with van der Waals surface area (Å²) in [6.45, 7) is 7.69. The van der Waals surface area contributed by atoms with Gasteiger partial charge in [-0.3, -0.25) is 0 Å². The zero-order valence-electron chi connectivity index (χ0n) is 19.5. The lowest BCUT2D eigenvalue weighted by atomic mass is 10.1. The highest BCUT2D eigenvalue weighted by atomic mass is 19.4. The predicted octanol–water partition coefficient (Wildman–Crippen LogP) is 6.38. The van der Waals surface area contributed by atoms with Crippen molar-refractivity contribution in [2.45, 2.75) is 46.5 Å². The molecule has 9 heteroatoms. The molecule has 0 unspecified atom stereocenters. The fourth-order valence-corrected chi connectivity index (χ4v) is 3.51. The van der Waals surface area contributed by atoms with Crippen molar-refractivity contribution in [2.75, 3.05) is 17.2 Å². The maximum absolute atomic E-state index is 13.5. The predicted molar refractivity (Wildman–Crippen MR) is 129 cm³/mol. The van der Waals surface area contributed by atoms with Gasteiger partial charge in [0.2, 0.25) is 5.88 Å². The monoisotopic (exact) mass is 471 g/mol. The smallest absolute Gasteiger partial charge is 0.416 e. The molecule has 0 amide bonds. The van der Waals surface area contributed by atoms with Crippen molar-refractivity contribution in [1.82, 2.24) is 9.97 Å². The summed E-state index contributed by atoms with van der Waals surface area (Å²) in [5.74, 6) is 0.393. The minimum absolute atomic E-state index is 0.00568. The summed E-state index contributed by atoms with van der Waals surface area (Å²) in [4.78, 5) is 8.96. The number of hydrogen-bond acceptors (Lipinski definition) is 6. The van der Waals surface area contributed by atoms with Crippen LogP contribution in [-0.4, -0.2) is 28.3 Å². The Morgan fingerprint density at radius 1 is 1.15 bits per heavy atom. The second-order valence-corrected chi connectivity index (χ2v) is 8.00. The summed E-state index contributed by atoms with van der Waals surface area (Å²) in [7, 11) is 0. The van der Waals surface area contributed by atoms with Crippen LogP contribution in [-0.2, 0) is 12.7 Å². The number of anilines is 2. The van der Waals surface area contributed by atoms with Crippen LogP contribution in [0.1, 0.15) is 44.5 Å². The van der Waals surface area contributed by atoms with Gasteiger partial charge in [-0.2, -0.15) is 13.2 Å². The average molecular weight is 472 g/mol. The molecule has 2 heterocycles. The Morgan fingerprint density at radius 3 is 2.53 bits per heavy atom. The third kappa shape index (κ3) is 5.84. The van der Waals surface area contributed by atoms with E-state index in [9.17, 15) is 13.2 Å². The summed E-state index contributed by atoms with van der Waals surface area (Å²) in [5, 5.41) is 14.7. The number of benzene rings is 1. The molecule has 0 saturated carbocycles.